The molecule has 0 unspecified atom stereocenters. The van der Waals surface area contributed by atoms with Gasteiger partial charge in [-0.3, -0.25) is 4.79 Å². The van der Waals surface area contributed by atoms with Crippen LogP contribution in [0.5, 0.6) is 0 Å². The molecule has 5 rings (SSSR count). The van der Waals surface area contributed by atoms with Crippen molar-refractivity contribution in [2.45, 2.75) is 49.5 Å². The first-order chi connectivity index (χ1) is 17.0. The van der Waals surface area contributed by atoms with Gasteiger partial charge in [0.1, 0.15) is 4.90 Å². The van der Waals surface area contributed by atoms with Gasteiger partial charge >= 0.3 is 0 Å². The highest BCUT2D eigenvalue weighted by molar-refractivity contribution is 7.90. The molecule has 2 aliphatic rings. The van der Waals surface area contributed by atoms with Gasteiger partial charge in [-0.2, -0.15) is 13.5 Å². The molecule has 1 aliphatic carbocycles. The molecule has 1 saturated carbocycles. The fraction of sp³-hybridized carbons (Fsp3) is 0.296. The molecule has 0 radical (unpaired) electrons. The van der Waals surface area contributed by atoms with Gasteiger partial charge in [0.25, 0.3) is 10.0 Å². The molecule has 0 spiro atoms. The van der Waals surface area contributed by atoms with Crippen LogP contribution in [0.15, 0.2) is 81.1 Å². The van der Waals surface area contributed by atoms with Crippen molar-refractivity contribution in [2.24, 2.45) is 9.50 Å². The minimum atomic E-state index is -3.81. The average molecular weight is 489 g/mol. The number of nitrogens with zero attached hydrogens (tertiary/aromatic N) is 3. The van der Waals surface area contributed by atoms with E-state index in [0.717, 1.165) is 42.0 Å². The van der Waals surface area contributed by atoms with Crippen molar-refractivity contribution in [1.82, 2.24) is 10.3 Å². The van der Waals surface area contributed by atoms with Crippen LogP contribution in [-0.4, -0.2) is 44.0 Å². The Labute approximate surface area is 205 Å². The summed E-state index contributed by atoms with van der Waals surface area (Å²) in [6.45, 7) is 0.211. The maximum absolute atomic E-state index is 12.7. The van der Waals surface area contributed by atoms with Gasteiger partial charge in [0.15, 0.2) is 5.84 Å². The van der Waals surface area contributed by atoms with Gasteiger partial charge in [0, 0.05) is 23.6 Å². The fourth-order valence-corrected chi connectivity index (χ4v) is 5.95. The zero-order valence-electron chi connectivity index (χ0n) is 19.4. The lowest BCUT2D eigenvalue weighted by atomic mass is 9.95. The molecule has 1 amide bonds. The van der Waals surface area contributed by atoms with E-state index in [0.29, 0.717) is 5.56 Å². The Hall–Kier alpha value is -3.52. The lowest BCUT2D eigenvalue weighted by Gasteiger charge is -2.24. The molecular formula is C27H28N4O3S. The van der Waals surface area contributed by atoms with Crippen LogP contribution >= 0.6 is 0 Å². The molecular weight excluding hydrogens is 460 g/mol. The molecule has 0 atom stereocenters. The standard InChI is InChI=1S/C27H28N4O3S/c32-26(29-22-12-2-1-3-13-22)17-18-31(27-24-15-6-7-16-25(24)35(33,34)30-27)28-19-21-11-8-10-20-9-4-5-14-23(20)21/h4-11,14-16,19,22H,1-3,12-13,17-18H2,(H,29,32)/b28-19+. The molecule has 0 bridgehead atoms. The minimum Gasteiger partial charge on any atom is -0.353 e. The quantitative estimate of drug-likeness (QED) is 0.410. The van der Waals surface area contributed by atoms with E-state index in [1.807, 2.05) is 42.5 Å². The fourth-order valence-electron chi connectivity index (χ4n) is 4.74. The summed E-state index contributed by atoms with van der Waals surface area (Å²) in [5, 5.41) is 11.4. The van der Waals surface area contributed by atoms with Crippen LogP contribution in [0, 0.1) is 0 Å². The lowest BCUT2D eigenvalue weighted by molar-refractivity contribution is -0.122. The Morgan fingerprint density at radius 2 is 1.74 bits per heavy atom. The minimum absolute atomic E-state index is 0.0583. The molecule has 7 nitrogen and oxygen atoms in total. The van der Waals surface area contributed by atoms with Crippen molar-refractivity contribution < 1.29 is 13.2 Å². The second-order valence-electron chi connectivity index (χ2n) is 8.97. The van der Waals surface area contributed by atoms with E-state index in [9.17, 15) is 13.2 Å². The normalized spacial score (nSPS) is 17.3. The van der Waals surface area contributed by atoms with Crippen molar-refractivity contribution >= 4 is 38.8 Å². The molecule has 8 heteroatoms. The largest absolute Gasteiger partial charge is 0.353 e. The van der Waals surface area contributed by atoms with Crippen molar-refractivity contribution in [2.75, 3.05) is 6.54 Å². The third-order valence-electron chi connectivity index (χ3n) is 6.54. The topological polar surface area (TPSA) is 91.2 Å². The molecule has 3 aromatic rings. The summed E-state index contributed by atoms with van der Waals surface area (Å²) in [7, 11) is -3.81. The third-order valence-corrected chi connectivity index (χ3v) is 7.86. The lowest BCUT2D eigenvalue weighted by Crippen LogP contribution is -2.38. The van der Waals surface area contributed by atoms with Gasteiger partial charge in [-0.15, -0.1) is 4.40 Å². The number of carbonyl (C=O) groups is 1. The van der Waals surface area contributed by atoms with Gasteiger partial charge in [0.05, 0.1) is 12.8 Å². The molecule has 1 fully saturated rings. The SMILES string of the molecule is O=C(CCN(/N=C/c1cccc2ccccc12)C1=NS(=O)(=O)c2ccccc21)NC1CCCCC1. The number of hydrogen-bond acceptors (Lipinski definition) is 5. The number of fused-ring (bicyclic) bond motifs is 2. The molecule has 0 saturated heterocycles. The first kappa shape index (κ1) is 23.2. The maximum Gasteiger partial charge on any atom is 0.285 e. The van der Waals surface area contributed by atoms with Crippen molar-refractivity contribution in [3.05, 3.63) is 77.9 Å². The summed E-state index contributed by atoms with van der Waals surface area (Å²) in [5.74, 6) is 0.180. The summed E-state index contributed by atoms with van der Waals surface area (Å²) in [5.41, 5.74) is 1.39. The van der Waals surface area contributed by atoms with Gasteiger partial charge in [-0.25, -0.2) is 5.01 Å². The molecule has 1 aliphatic heterocycles. The van der Waals surface area contributed by atoms with Crippen LogP contribution in [-0.2, 0) is 14.8 Å². The van der Waals surface area contributed by atoms with E-state index in [2.05, 4.69) is 14.8 Å². The van der Waals surface area contributed by atoms with Crippen LogP contribution in [0.1, 0.15) is 49.7 Å². The Morgan fingerprint density at radius 3 is 2.60 bits per heavy atom. The second-order valence-corrected chi connectivity index (χ2v) is 10.5. The highest BCUT2D eigenvalue weighted by atomic mass is 32.2. The number of sulfonamides is 1. The van der Waals surface area contributed by atoms with E-state index < -0.39 is 10.0 Å². The van der Waals surface area contributed by atoms with Crippen LogP contribution < -0.4 is 5.32 Å². The molecule has 1 heterocycles. The first-order valence-corrected chi connectivity index (χ1v) is 13.5. The highest BCUT2D eigenvalue weighted by Crippen LogP contribution is 2.28. The molecule has 1 N–H and O–H groups in total. The summed E-state index contributed by atoms with van der Waals surface area (Å²) < 4.78 is 29.4. The van der Waals surface area contributed by atoms with E-state index in [4.69, 9.17) is 0 Å². The smallest absolute Gasteiger partial charge is 0.285 e. The van der Waals surface area contributed by atoms with Gasteiger partial charge in [0.2, 0.25) is 5.91 Å². The Bertz CT molecular complexity index is 1400. The molecule has 3 aromatic carbocycles. The van der Waals surface area contributed by atoms with E-state index in [1.54, 1.807) is 30.5 Å². The Kier molecular flexibility index (Phi) is 6.63. The predicted octanol–water partition coefficient (Wildman–Crippen LogP) is 4.46. The summed E-state index contributed by atoms with van der Waals surface area (Å²) in [6, 6.07) is 20.9. The number of hydrazone groups is 1. The van der Waals surface area contributed by atoms with Gasteiger partial charge in [-0.1, -0.05) is 73.9 Å². The predicted molar refractivity (Wildman–Crippen MR) is 138 cm³/mol. The summed E-state index contributed by atoms with van der Waals surface area (Å²) in [6.07, 6.45) is 7.40. The Morgan fingerprint density at radius 1 is 1.00 bits per heavy atom. The van der Waals surface area contributed by atoms with E-state index in [-0.39, 0.29) is 35.6 Å². The summed E-state index contributed by atoms with van der Waals surface area (Å²) in [4.78, 5) is 12.9. The molecule has 0 aromatic heterocycles. The number of rotatable bonds is 6. The number of amides is 1. The van der Waals surface area contributed by atoms with Crippen molar-refractivity contribution in [3.63, 3.8) is 0 Å². The van der Waals surface area contributed by atoms with E-state index in [1.165, 1.54) is 11.4 Å². The van der Waals surface area contributed by atoms with Crippen molar-refractivity contribution in [1.29, 1.82) is 0 Å². The summed E-state index contributed by atoms with van der Waals surface area (Å²) >= 11 is 0. The Balaban J connectivity index is 1.43. The molecule has 35 heavy (non-hydrogen) atoms. The van der Waals surface area contributed by atoms with Crippen LogP contribution in [0.3, 0.4) is 0 Å². The third kappa shape index (κ3) is 5.12. The van der Waals surface area contributed by atoms with Crippen LogP contribution in [0.25, 0.3) is 10.8 Å². The van der Waals surface area contributed by atoms with E-state index >= 15 is 0 Å². The van der Waals surface area contributed by atoms with Gasteiger partial charge in [-0.05, 0) is 35.7 Å². The number of benzene rings is 3. The first-order valence-electron chi connectivity index (χ1n) is 12.0. The van der Waals surface area contributed by atoms with Crippen molar-refractivity contribution in [3.8, 4) is 0 Å². The second kappa shape index (κ2) is 10.00. The zero-order chi connectivity index (χ0) is 24.3. The average Bonchev–Trinajstić information content (AvgIpc) is 3.15. The number of hydrogen-bond donors (Lipinski definition) is 1. The van der Waals surface area contributed by atoms with Gasteiger partial charge < -0.3 is 5.32 Å². The number of carbonyl (C=O) groups excluding carboxylic acids is 1. The molecule has 180 valence electrons. The number of amidine groups is 1. The monoisotopic (exact) mass is 488 g/mol. The van der Waals surface area contributed by atoms with Crippen LogP contribution in [0.2, 0.25) is 0 Å². The number of nitrogens with one attached hydrogen (secondary N) is 1. The maximum atomic E-state index is 12.7. The zero-order valence-corrected chi connectivity index (χ0v) is 20.2. The van der Waals surface area contributed by atoms with Crippen LogP contribution in [0.4, 0.5) is 0 Å². The highest BCUT2D eigenvalue weighted by Gasteiger charge is 2.32.